The SMILES string of the molecule is COC(=O)[C@@H]1CCC[C@H]2CC(C(C)=O)=C[C@]21C. The highest BCUT2D eigenvalue weighted by Crippen LogP contribution is 2.53. The van der Waals surface area contributed by atoms with Gasteiger partial charge in [0.2, 0.25) is 0 Å². The van der Waals surface area contributed by atoms with E-state index < -0.39 is 0 Å². The van der Waals surface area contributed by atoms with Crippen LogP contribution in [0.5, 0.6) is 0 Å². The van der Waals surface area contributed by atoms with Crippen LogP contribution in [0.4, 0.5) is 0 Å². The van der Waals surface area contributed by atoms with E-state index in [1.54, 1.807) is 6.92 Å². The normalized spacial score (nSPS) is 36.1. The summed E-state index contributed by atoms with van der Waals surface area (Å²) in [7, 11) is 1.44. The Morgan fingerprint density at radius 1 is 1.41 bits per heavy atom. The first-order chi connectivity index (χ1) is 7.99. The van der Waals surface area contributed by atoms with E-state index in [0.29, 0.717) is 5.92 Å². The summed E-state index contributed by atoms with van der Waals surface area (Å²) in [6, 6.07) is 0. The monoisotopic (exact) mass is 236 g/mol. The van der Waals surface area contributed by atoms with E-state index in [1.165, 1.54) is 7.11 Å². The molecule has 0 N–H and O–H groups in total. The molecule has 0 aromatic heterocycles. The number of hydrogen-bond acceptors (Lipinski definition) is 3. The third-order valence-electron chi connectivity index (χ3n) is 4.57. The summed E-state index contributed by atoms with van der Waals surface area (Å²) in [5, 5.41) is 0. The van der Waals surface area contributed by atoms with Crippen molar-refractivity contribution in [2.24, 2.45) is 17.3 Å². The van der Waals surface area contributed by atoms with Crippen LogP contribution in [0.25, 0.3) is 0 Å². The van der Waals surface area contributed by atoms with Crippen molar-refractivity contribution in [2.75, 3.05) is 7.11 Å². The van der Waals surface area contributed by atoms with Gasteiger partial charge in [0.15, 0.2) is 5.78 Å². The molecule has 94 valence electrons. The van der Waals surface area contributed by atoms with Gasteiger partial charge in [0.05, 0.1) is 13.0 Å². The lowest BCUT2D eigenvalue weighted by Gasteiger charge is -2.41. The van der Waals surface area contributed by atoms with Gasteiger partial charge < -0.3 is 4.74 Å². The highest BCUT2D eigenvalue weighted by atomic mass is 16.5. The van der Waals surface area contributed by atoms with Gasteiger partial charge in [-0.25, -0.2) is 0 Å². The van der Waals surface area contributed by atoms with Crippen molar-refractivity contribution < 1.29 is 14.3 Å². The quantitative estimate of drug-likeness (QED) is 0.692. The van der Waals surface area contributed by atoms with Crippen molar-refractivity contribution >= 4 is 11.8 Å². The van der Waals surface area contributed by atoms with Crippen LogP contribution in [-0.2, 0) is 14.3 Å². The maximum Gasteiger partial charge on any atom is 0.309 e. The maximum absolute atomic E-state index is 11.9. The molecule has 1 saturated carbocycles. The molecule has 17 heavy (non-hydrogen) atoms. The van der Waals surface area contributed by atoms with Crippen LogP contribution in [0.2, 0.25) is 0 Å². The van der Waals surface area contributed by atoms with Crippen LogP contribution in [0.3, 0.4) is 0 Å². The van der Waals surface area contributed by atoms with Crippen LogP contribution in [0.15, 0.2) is 11.6 Å². The number of methoxy groups -OCH3 is 1. The Hall–Kier alpha value is -1.12. The zero-order valence-corrected chi connectivity index (χ0v) is 10.8. The second kappa shape index (κ2) is 4.28. The van der Waals surface area contributed by atoms with Gasteiger partial charge in [-0.15, -0.1) is 0 Å². The molecule has 0 radical (unpaired) electrons. The van der Waals surface area contributed by atoms with Gasteiger partial charge in [-0.1, -0.05) is 19.4 Å². The Balaban J connectivity index is 2.32. The molecule has 0 aliphatic heterocycles. The van der Waals surface area contributed by atoms with Crippen molar-refractivity contribution in [1.29, 1.82) is 0 Å². The van der Waals surface area contributed by atoms with E-state index in [2.05, 4.69) is 6.92 Å². The Morgan fingerprint density at radius 3 is 2.71 bits per heavy atom. The molecule has 0 amide bonds. The molecular weight excluding hydrogens is 216 g/mol. The summed E-state index contributed by atoms with van der Waals surface area (Å²) in [5.41, 5.74) is 0.722. The summed E-state index contributed by atoms with van der Waals surface area (Å²) in [6.07, 6.45) is 5.91. The first-order valence-corrected chi connectivity index (χ1v) is 6.29. The minimum atomic E-state index is -0.174. The minimum absolute atomic E-state index is 0.0805. The summed E-state index contributed by atoms with van der Waals surface area (Å²) >= 11 is 0. The standard InChI is InChI=1S/C14H20O3/c1-9(15)10-7-11-5-4-6-12(13(16)17-3)14(11,2)8-10/h8,11-12H,4-7H2,1-3H3/t11-,12-,14+/m0/s1. The highest BCUT2D eigenvalue weighted by Gasteiger charge is 2.50. The van der Waals surface area contributed by atoms with Gasteiger partial charge in [-0.05, 0) is 37.7 Å². The van der Waals surface area contributed by atoms with Crippen molar-refractivity contribution in [3.8, 4) is 0 Å². The van der Waals surface area contributed by atoms with Crippen LogP contribution in [0.1, 0.15) is 39.5 Å². The first-order valence-electron chi connectivity index (χ1n) is 6.29. The van der Waals surface area contributed by atoms with E-state index >= 15 is 0 Å². The second-order valence-corrected chi connectivity index (χ2v) is 5.50. The van der Waals surface area contributed by atoms with Crippen LogP contribution >= 0.6 is 0 Å². The third-order valence-corrected chi connectivity index (χ3v) is 4.57. The summed E-state index contributed by atoms with van der Waals surface area (Å²) < 4.78 is 4.91. The van der Waals surface area contributed by atoms with Gasteiger partial charge in [0.1, 0.15) is 0 Å². The minimum Gasteiger partial charge on any atom is -0.469 e. The van der Waals surface area contributed by atoms with Crippen LogP contribution < -0.4 is 0 Å². The fourth-order valence-electron chi connectivity index (χ4n) is 3.47. The largest absolute Gasteiger partial charge is 0.469 e. The maximum atomic E-state index is 11.9. The number of allylic oxidation sites excluding steroid dienone is 2. The molecule has 0 unspecified atom stereocenters. The van der Waals surface area contributed by atoms with Crippen LogP contribution in [0, 0.1) is 17.3 Å². The second-order valence-electron chi connectivity index (χ2n) is 5.50. The number of Topliss-reactive ketones (excluding diaryl/α,β-unsaturated/α-hetero) is 1. The summed E-state index contributed by atoms with van der Waals surface area (Å²) in [6.45, 7) is 3.72. The van der Waals surface area contributed by atoms with E-state index in [9.17, 15) is 9.59 Å². The Labute approximate surface area is 102 Å². The zero-order chi connectivity index (χ0) is 12.6. The number of carbonyl (C=O) groups excluding carboxylic acids is 2. The average molecular weight is 236 g/mol. The molecular formula is C14H20O3. The molecule has 0 saturated heterocycles. The van der Waals surface area contributed by atoms with E-state index in [1.807, 2.05) is 6.08 Å². The molecule has 0 spiro atoms. The smallest absolute Gasteiger partial charge is 0.309 e. The van der Waals surface area contributed by atoms with Crippen molar-refractivity contribution in [3.63, 3.8) is 0 Å². The van der Waals surface area contributed by atoms with Gasteiger partial charge in [-0.2, -0.15) is 0 Å². The van der Waals surface area contributed by atoms with Crippen molar-refractivity contribution in [1.82, 2.24) is 0 Å². The molecule has 2 aliphatic carbocycles. The van der Waals surface area contributed by atoms with E-state index in [4.69, 9.17) is 4.74 Å². The Kier molecular flexibility index (Phi) is 3.11. The molecule has 0 aromatic rings. The third kappa shape index (κ3) is 1.92. The molecule has 2 rings (SSSR count). The molecule has 0 bridgehead atoms. The predicted molar refractivity (Wildman–Crippen MR) is 64.3 cm³/mol. The molecule has 0 heterocycles. The predicted octanol–water partition coefficient (Wildman–Crippen LogP) is 2.50. The highest BCUT2D eigenvalue weighted by molar-refractivity contribution is 5.94. The fraction of sp³-hybridized carbons (Fsp3) is 0.714. The Bertz CT molecular complexity index is 383. The number of ether oxygens (including phenoxy) is 1. The molecule has 2 aliphatic rings. The molecule has 0 aromatic carbocycles. The first kappa shape index (κ1) is 12.3. The average Bonchev–Trinajstić information content (AvgIpc) is 2.65. The summed E-state index contributed by atoms with van der Waals surface area (Å²) in [5.74, 6) is 0.366. The number of hydrogen-bond donors (Lipinski definition) is 0. The van der Waals surface area contributed by atoms with Crippen molar-refractivity contribution in [2.45, 2.75) is 39.5 Å². The Morgan fingerprint density at radius 2 is 2.12 bits per heavy atom. The van der Waals surface area contributed by atoms with Gasteiger partial charge >= 0.3 is 5.97 Å². The van der Waals surface area contributed by atoms with Crippen LogP contribution in [-0.4, -0.2) is 18.9 Å². The lowest BCUT2D eigenvalue weighted by Crippen LogP contribution is -2.39. The molecule has 1 fully saturated rings. The number of ketones is 1. The van der Waals surface area contributed by atoms with E-state index in [0.717, 1.165) is 31.3 Å². The molecule has 3 nitrogen and oxygen atoms in total. The number of rotatable bonds is 2. The lowest BCUT2D eigenvalue weighted by atomic mass is 9.63. The van der Waals surface area contributed by atoms with Crippen molar-refractivity contribution in [3.05, 3.63) is 11.6 Å². The van der Waals surface area contributed by atoms with Gasteiger partial charge in [0, 0.05) is 5.41 Å². The molecule has 3 atom stereocenters. The van der Waals surface area contributed by atoms with Gasteiger partial charge in [-0.3, -0.25) is 9.59 Å². The number of fused-ring (bicyclic) bond motifs is 1. The fourth-order valence-corrected chi connectivity index (χ4v) is 3.47. The van der Waals surface area contributed by atoms with Gasteiger partial charge in [0.25, 0.3) is 0 Å². The number of esters is 1. The van der Waals surface area contributed by atoms with E-state index in [-0.39, 0.29) is 23.1 Å². The molecule has 3 heteroatoms. The summed E-state index contributed by atoms with van der Waals surface area (Å²) in [4.78, 5) is 23.3. The topological polar surface area (TPSA) is 43.4 Å². The number of carbonyl (C=O) groups is 2. The zero-order valence-electron chi connectivity index (χ0n) is 10.8. The lowest BCUT2D eigenvalue weighted by molar-refractivity contribution is -0.151.